The summed E-state index contributed by atoms with van der Waals surface area (Å²) < 4.78 is 5.43. The molecule has 1 aliphatic heterocycles. The number of amides is 3. The first kappa shape index (κ1) is 20.5. The summed E-state index contributed by atoms with van der Waals surface area (Å²) in [4.78, 5) is 55.7. The maximum absolute atomic E-state index is 12.5. The molecular formula is C24H15N3O5S. The number of rotatable bonds is 5. The summed E-state index contributed by atoms with van der Waals surface area (Å²) in [6, 6.07) is 13.5. The van der Waals surface area contributed by atoms with Crippen LogP contribution >= 0.6 is 11.3 Å². The molecule has 8 nitrogen and oxygen atoms in total. The molecule has 0 atom stereocenters. The van der Waals surface area contributed by atoms with E-state index < -0.39 is 5.91 Å². The molecule has 0 saturated heterocycles. The van der Waals surface area contributed by atoms with E-state index in [0.29, 0.717) is 32.1 Å². The fraction of sp³-hybridized carbons (Fsp3) is 0.0417. The topological polar surface area (TPSA) is 110 Å². The molecule has 9 heteroatoms. The highest BCUT2D eigenvalue weighted by Gasteiger charge is 2.35. The van der Waals surface area contributed by atoms with Gasteiger partial charge in [0.25, 0.3) is 11.8 Å². The molecule has 0 spiro atoms. The number of carbonyl (C=O) groups excluding carboxylic acids is 3. The Morgan fingerprint density at radius 1 is 1.03 bits per heavy atom. The van der Waals surface area contributed by atoms with Crippen LogP contribution in [0.3, 0.4) is 0 Å². The fourth-order valence-corrected chi connectivity index (χ4v) is 4.30. The molecule has 3 heterocycles. The summed E-state index contributed by atoms with van der Waals surface area (Å²) in [6.45, 7) is 0.0634. The lowest BCUT2D eigenvalue weighted by Crippen LogP contribution is -2.28. The van der Waals surface area contributed by atoms with Crippen molar-refractivity contribution in [2.24, 2.45) is 0 Å². The van der Waals surface area contributed by atoms with E-state index in [2.05, 4.69) is 10.3 Å². The number of aromatic nitrogens is 1. The van der Waals surface area contributed by atoms with Crippen LogP contribution in [0.4, 0.5) is 5.13 Å². The number of fused-ring (bicyclic) bond motifs is 2. The van der Waals surface area contributed by atoms with E-state index in [1.54, 1.807) is 48.5 Å². The van der Waals surface area contributed by atoms with Crippen molar-refractivity contribution in [2.75, 3.05) is 5.32 Å². The zero-order valence-electron chi connectivity index (χ0n) is 17.0. The van der Waals surface area contributed by atoms with Crippen molar-refractivity contribution in [3.8, 4) is 0 Å². The molecular weight excluding hydrogens is 442 g/mol. The van der Waals surface area contributed by atoms with Gasteiger partial charge in [0.05, 0.1) is 28.6 Å². The quantitative estimate of drug-likeness (QED) is 0.362. The van der Waals surface area contributed by atoms with Crippen molar-refractivity contribution >= 4 is 51.2 Å². The summed E-state index contributed by atoms with van der Waals surface area (Å²) in [7, 11) is 0. The van der Waals surface area contributed by atoms with Gasteiger partial charge in [0.15, 0.2) is 10.6 Å². The lowest BCUT2D eigenvalue weighted by molar-refractivity contribution is -0.111. The molecule has 162 valence electrons. The number of nitrogens with zero attached hydrogens (tertiary/aromatic N) is 2. The van der Waals surface area contributed by atoms with Gasteiger partial charge in [0.2, 0.25) is 5.91 Å². The Kier molecular flexibility index (Phi) is 5.15. The molecule has 3 amide bonds. The van der Waals surface area contributed by atoms with Gasteiger partial charge in [-0.15, -0.1) is 0 Å². The van der Waals surface area contributed by atoms with Gasteiger partial charge >= 0.3 is 0 Å². The molecule has 5 rings (SSSR count). The number of thiazole rings is 1. The molecule has 1 N–H and O–H groups in total. The first-order valence-corrected chi connectivity index (χ1v) is 10.7. The first-order valence-electron chi connectivity index (χ1n) is 9.91. The molecule has 0 aliphatic carbocycles. The van der Waals surface area contributed by atoms with Crippen molar-refractivity contribution in [1.29, 1.82) is 0 Å². The second-order valence-electron chi connectivity index (χ2n) is 7.21. The number of anilines is 1. The molecule has 0 radical (unpaired) electrons. The molecule has 0 unspecified atom stereocenters. The Balaban J connectivity index is 1.26. The number of carbonyl (C=O) groups is 3. The van der Waals surface area contributed by atoms with Crippen molar-refractivity contribution < 1.29 is 18.8 Å². The van der Waals surface area contributed by atoms with E-state index in [1.165, 1.54) is 24.6 Å². The number of benzene rings is 2. The van der Waals surface area contributed by atoms with Crippen LogP contribution in [-0.2, 0) is 11.3 Å². The summed E-state index contributed by atoms with van der Waals surface area (Å²) >= 11 is 1.15. The Hall–Kier alpha value is -4.37. The summed E-state index contributed by atoms with van der Waals surface area (Å²) in [6.07, 6.45) is 5.40. The minimum Gasteiger partial charge on any atom is -0.463 e. The van der Waals surface area contributed by atoms with Gasteiger partial charge in [0, 0.05) is 17.2 Å². The molecule has 1 aliphatic rings. The monoisotopic (exact) mass is 457 g/mol. The second kappa shape index (κ2) is 8.29. The van der Waals surface area contributed by atoms with E-state index >= 15 is 0 Å². The minimum atomic E-state index is -0.482. The third kappa shape index (κ3) is 3.85. The molecule has 0 saturated carbocycles. The van der Waals surface area contributed by atoms with Gasteiger partial charge < -0.3 is 4.42 Å². The van der Waals surface area contributed by atoms with Gasteiger partial charge in [-0.1, -0.05) is 35.6 Å². The molecule has 2 aromatic heterocycles. The maximum Gasteiger partial charge on any atom is 0.261 e. The van der Waals surface area contributed by atoms with Gasteiger partial charge in [-0.2, -0.15) is 0 Å². The number of nitrogens with one attached hydrogen (secondary N) is 1. The SMILES string of the molecule is O=C(/C=C/c1coc2ccccc2c1=O)Nc1ncc(CN2C(=O)c3ccccc3C2=O)s1. The van der Waals surface area contributed by atoms with E-state index in [-0.39, 0.29) is 29.4 Å². The molecule has 4 aromatic rings. The van der Waals surface area contributed by atoms with Gasteiger partial charge in [-0.25, -0.2) is 4.98 Å². The number of hydrogen-bond donors (Lipinski definition) is 1. The van der Waals surface area contributed by atoms with Crippen molar-refractivity contribution in [2.45, 2.75) is 6.54 Å². The minimum absolute atomic E-state index is 0.0634. The fourth-order valence-electron chi connectivity index (χ4n) is 3.50. The number of hydrogen-bond acceptors (Lipinski definition) is 7. The van der Waals surface area contributed by atoms with Gasteiger partial charge in [-0.3, -0.25) is 29.4 Å². The largest absolute Gasteiger partial charge is 0.463 e. The molecule has 0 fully saturated rings. The third-order valence-corrected chi connectivity index (χ3v) is 5.99. The Morgan fingerprint density at radius 3 is 2.48 bits per heavy atom. The van der Waals surface area contributed by atoms with E-state index in [0.717, 1.165) is 16.2 Å². The zero-order valence-corrected chi connectivity index (χ0v) is 17.8. The molecule has 2 aromatic carbocycles. The standard InChI is InChI=1S/C24H15N3O5S/c28-20(10-9-14-13-32-19-8-4-3-7-18(19)21(14)29)26-24-25-11-15(33-24)12-27-22(30)16-5-1-2-6-17(16)23(27)31/h1-11,13H,12H2,(H,25,26,28)/b10-9+. The highest BCUT2D eigenvalue weighted by Crippen LogP contribution is 2.27. The third-order valence-electron chi connectivity index (χ3n) is 5.10. The number of imide groups is 1. The predicted molar refractivity (Wildman–Crippen MR) is 123 cm³/mol. The van der Waals surface area contributed by atoms with E-state index in [4.69, 9.17) is 4.42 Å². The summed E-state index contributed by atoms with van der Waals surface area (Å²) in [5, 5.41) is 3.35. The predicted octanol–water partition coefficient (Wildman–Crippen LogP) is 3.70. The van der Waals surface area contributed by atoms with Crippen LogP contribution in [0.2, 0.25) is 0 Å². The smallest absolute Gasteiger partial charge is 0.261 e. The molecule has 33 heavy (non-hydrogen) atoms. The maximum atomic E-state index is 12.5. The average molecular weight is 457 g/mol. The van der Waals surface area contributed by atoms with Crippen LogP contribution < -0.4 is 10.7 Å². The molecule has 0 bridgehead atoms. The highest BCUT2D eigenvalue weighted by atomic mass is 32.1. The lowest BCUT2D eigenvalue weighted by Gasteiger charge is -2.11. The summed E-state index contributed by atoms with van der Waals surface area (Å²) in [5.41, 5.74) is 1.23. The Labute approximate surface area is 190 Å². The number of para-hydroxylation sites is 1. The van der Waals surface area contributed by atoms with Crippen LogP contribution in [0.1, 0.15) is 31.2 Å². The Bertz CT molecular complexity index is 1480. The second-order valence-corrected chi connectivity index (χ2v) is 8.33. The lowest BCUT2D eigenvalue weighted by atomic mass is 10.1. The van der Waals surface area contributed by atoms with E-state index in [9.17, 15) is 19.2 Å². The Morgan fingerprint density at radius 2 is 1.73 bits per heavy atom. The van der Waals surface area contributed by atoms with Crippen molar-refractivity contribution in [3.63, 3.8) is 0 Å². The summed E-state index contributed by atoms with van der Waals surface area (Å²) in [5.74, 6) is -1.19. The zero-order chi connectivity index (χ0) is 22.9. The van der Waals surface area contributed by atoms with Crippen molar-refractivity contribution in [3.05, 3.63) is 98.9 Å². The first-order chi connectivity index (χ1) is 16.0. The van der Waals surface area contributed by atoms with Crippen LogP contribution in [0, 0.1) is 0 Å². The normalized spacial score (nSPS) is 13.2. The average Bonchev–Trinajstić information content (AvgIpc) is 3.37. The van der Waals surface area contributed by atoms with Crippen LogP contribution in [0.25, 0.3) is 17.0 Å². The van der Waals surface area contributed by atoms with E-state index in [1.807, 2.05) is 0 Å². The van der Waals surface area contributed by atoms with Crippen molar-refractivity contribution in [1.82, 2.24) is 9.88 Å². The highest BCUT2D eigenvalue weighted by molar-refractivity contribution is 7.15. The van der Waals surface area contributed by atoms with Crippen LogP contribution in [-0.4, -0.2) is 27.6 Å². The van der Waals surface area contributed by atoms with Gasteiger partial charge in [-0.05, 0) is 30.3 Å². The van der Waals surface area contributed by atoms with Crippen LogP contribution in [0.15, 0.2) is 76.3 Å². The van der Waals surface area contributed by atoms with Gasteiger partial charge in [0.1, 0.15) is 11.8 Å². The van der Waals surface area contributed by atoms with Crippen LogP contribution in [0.5, 0.6) is 0 Å².